The summed E-state index contributed by atoms with van der Waals surface area (Å²) in [5.74, 6) is -0.268. The van der Waals surface area contributed by atoms with Gasteiger partial charge >= 0.3 is 0 Å². The van der Waals surface area contributed by atoms with E-state index in [1.807, 2.05) is 0 Å². The van der Waals surface area contributed by atoms with Crippen molar-refractivity contribution in [1.29, 1.82) is 0 Å². The average molecular weight is 265 g/mol. The summed E-state index contributed by atoms with van der Waals surface area (Å²) in [6.07, 6.45) is 4.04. The van der Waals surface area contributed by atoms with Crippen molar-refractivity contribution in [3.8, 4) is 0 Å². The number of rotatable bonds is 2. The average Bonchev–Trinajstić information content (AvgIpc) is 2.88. The van der Waals surface area contributed by atoms with Crippen molar-refractivity contribution in [2.24, 2.45) is 0 Å². The van der Waals surface area contributed by atoms with E-state index in [-0.39, 0.29) is 5.79 Å². The van der Waals surface area contributed by atoms with Crippen LogP contribution in [0.25, 0.3) is 0 Å². The lowest BCUT2D eigenvalue weighted by Crippen LogP contribution is -2.45. The Morgan fingerprint density at radius 1 is 1.06 bits per heavy atom. The maximum atomic E-state index is 5.75. The van der Waals surface area contributed by atoms with Crippen LogP contribution >= 0.6 is 11.8 Å². The van der Waals surface area contributed by atoms with Crippen LogP contribution in [0.5, 0.6) is 0 Å². The number of thioether (sulfide) groups is 1. The van der Waals surface area contributed by atoms with Gasteiger partial charge in [0.1, 0.15) is 0 Å². The molecule has 0 atom stereocenters. The number of hydrogen-bond donors (Lipinski definition) is 0. The Balaban J connectivity index is 1.64. The number of ether oxygens (including phenoxy) is 2. The van der Waals surface area contributed by atoms with E-state index in [4.69, 9.17) is 9.47 Å². The highest BCUT2D eigenvalue weighted by Crippen LogP contribution is 2.33. The lowest BCUT2D eigenvalue weighted by atomic mass is 10.0. The fraction of sp³-hybridized carbons (Fsp3) is 0.571. The van der Waals surface area contributed by atoms with Crippen LogP contribution in [-0.4, -0.2) is 38.3 Å². The highest BCUT2D eigenvalue weighted by atomic mass is 32.2. The maximum Gasteiger partial charge on any atom is 0.171 e. The molecule has 1 spiro atoms. The summed E-state index contributed by atoms with van der Waals surface area (Å²) >= 11 is 1.78. The van der Waals surface area contributed by atoms with Gasteiger partial charge in [-0.3, -0.25) is 0 Å². The molecule has 1 aromatic rings. The second-order valence-electron chi connectivity index (χ2n) is 4.79. The maximum absolute atomic E-state index is 5.75. The number of piperidine rings is 1. The fourth-order valence-electron chi connectivity index (χ4n) is 2.68. The first-order chi connectivity index (χ1) is 8.81. The van der Waals surface area contributed by atoms with E-state index in [1.165, 1.54) is 10.6 Å². The summed E-state index contributed by atoms with van der Waals surface area (Å²) in [6, 6.07) is 8.79. The molecule has 2 fully saturated rings. The largest absolute Gasteiger partial charge is 0.371 e. The molecule has 0 aliphatic carbocycles. The van der Waals surface area contributed by atoms with Crippen LogP contribution in [0.1, 0.15) is 12.8 Å². The first kappa shape index (κ1) is 12.3. The molecule has 2 saturated heterocycles. The molecule has 0 aromatic heterocycles. The van der Waals surface area contributed by atoms with E-state index in [0.717, 1.165) is 39.1 Å². The summed E-state index contributed by atoms with van der Waals surface area (Å²) in [6.45, 7) is 3.53. The zero-order valence-corrected chi connectivity index (χ0v) is 11.5. The molecule has 0 N–H and O–H groups in total. The third-order valence-corrected chi connectivity index (χ3v) is 4.52. The van der Waals surface area contributed by atoms with Crippen molar-refractivity contribution >= 4 is 17.4 Å². The second kappa shape index (κ2) is 5.11. The van der Waals surface area contributed by atoms with Gasteiger partial charge in [0.15, 0.2) is 5.79 Å². The molecule has 1 aromatic carbocycles. The van der Waals surface area contributed by atoms with Crippen LogP contribution in [0.2, 0.25) is 0 Å². The van der Waals surface area contributed by atoms with Crippen LogP contribution in [0.15, 0.2) is 29.2 Å². The van der Waals surface area contributed by atoms with Gasteiger partial charge in [0, 0.05) is 36.5 Å². The Hall–Kier alpha value is -0.710. The predicted octanol–water partition coefficient (Wildman–Crippen LogP) is 2.75. The normalized spacial score (nSPS) is 22.6. The Morgan fingerprint density at radius 2 is 1.67 bits per heavy atom. The fourth-order valence-corrected chi connectivity index (χ4v) is 3.09. The molecule has 0 radical (unpaired) electrons. The summed E-state index contributed by atoms with van der Waals surface area (Å²) < 4.78 is 11.5. The molecule has 18 heavy (non-hydrogen) atoms. The third-order valence-electron chi connectivity index (χ3n) is 3.78. The van der Waals surface area contributed by atoms with E-state index in [2.05, 4.69) is 35.4 Å². The SMILES string of the molecule is CSc1ccc(N2CCC3(CC2)OCCO3)cc1. The van der Waals surface area contributed by atoms with Gasteiger partial charge in [-0.1, -0.05) is 0 Å². The van der Waals surface area contributed by atoms with Crippen molar-refractivity contribution in [3.63, 3.8) is 0 Å². The monoisotopic (exact) mass is 265 g/mol. The first-order valence-electron chi connectivity index (χ1n) is 6.48. The Bertz CT molecular complexity index is 391. The van der Waals surface area contributed by atoms with Crippen LogP contribution < -0.4 is 4.90 Å². The molecular weight excluding hydrogens is 246 g/mol. The zero-order chi connectivity index (χ0) is 12.4. The van der Waals surface area contributed by atoms with Gasteiger partial charge in [-0.15, -0.1) is 11.8 Å². The standard InChI is InChI=1S/C14H19NO2S/c1-18-13-4-2-12(3-5-13)15-8-6-14(7-9-15)16-10-11-17-14/h2-5H,6-11H2,1H3. The molecule has 3 nitrogen and oxygen atoms in total. The number of hydrogen-bond acceptors (Lipinski definition) is 4. The van der Waals surface area contributed by atoms with Crippen molar-refractivity contribution in [1.82, 2.24) is 0 Å². The van der Waals surface area contributed by atoms with E-state index in [0.29, 0.717) is 0 Å². The van der Waals surface area contributed by atoms with Gasteiger partial charge in [0.05, 0.1) is 13.2 Å². The number of anilines is 1. The molecule has 0 bridgehead atoms. The van der Waals surface area contributed by atoms with Gasteiger partial charge < -0.3 is 14.4 Å². The first-order valence-corrected chi connectivity index (χ1v) is 7.71. The Labute approximate surface area is 112 Å². The van der Waals surface area contributed by atoms with Gasteiger partial charge in [-0.25, -0.2) is 0 Å². The molecule has 0 unspecified atom stereocenters. The minimum atomic E-state index is -0.268. The van der Waals surface area contributed by atoms with Crippen molar-refractivity contribution in [3.05, 3.63) is 24.3 Å². The van der Waals surface area contributed by atoms with Gasteiger partial charge in [0.25, 0.3) is 0 Å². The van der Waals surface area contributed by atoms with Crippen molar-refractivity contribution in [2.75, 3.05) is 37.5 Å². The number of benzene rings is 1. The Morgan fingerprint density at radius 3 is 2.22 bits per heavy atom. The number of nitrogens with zero attached hydrogens (tertiary/aromatic N) is 1. The highest BCUT2D eigenvalue weighted by molar-refractivity contribution is 7.98. The highest BCUT2D eigenvalue weighted by Gasteiger charge is 2.39. The van der Waals surface area contributed by atoms with Crippen LogP contribution in [0, 0.1) is 0 Å². The summed E-state index contributed by atoms with van der Waals surface area (Å²) in [5, 5.41) is 0. The van der Waals surface area contributed by atoms with E-state index in [9.17, 15) is 0 Å². The lowest BCUT2D eigenvalue weighted by molar-refractivity contribution is -0.169. The van der Waals surface area contributed by atoms with Crippen molar-refractivity contribution < 1.29 is 9.47 Å². The summed E-state index contributed by atoms with van der Waals surface area (Å²) in [7, 11) is 0. The minimum Gasteiger partial charge on any atom is -0.371 e. The molecule has 2 aliphatic heterocycles. The second-order valence-corrected chi connectivity index (χ2v) is 5.67. The van der Waals surface area contributed by atoms with Crippen LogP contribution in [-0.2, 0) is 9.47 Å². The van der Waals surface area contributed by atoms with Crippen LogP contribution in [0.3, 0.4) is 0 Å². The Kier molecular flexibility index (Phi) is 3.50. The van der Waals surface area contributed by atoms with E-state index < -0.39 is 0 Å². The lowest BCUT2D eigenvalue weighted by Gasteiger charge is -2.38. The van der Waals surface area contributed by atoms with Gasteiger partial charge in [-0.2, -0.15) is 0 Å². The van der Waals surface area contributed by atoms with Crippen molar-refractivity contribution in [2.45, 2.75) is 23.5 Å². The molecule has 4 heteroatoms. The third kappa shape index (κ3) is 2.37. The van der Waals surface area contributed by atoms with Gasteiger partial charge in [0.2, 0.25) is 0 Å². The van der Waals surface area contributed by atoms with E-state index in [1.54, 1.807) is 11.8 Å². The molecule has 0 amide bonds. The molecule has 2 aliphatic rings. The smallest absolute Gasteiger partial charge is 0.171 e. The zero-order valence-electron chi connectivity index (χ0n) is 10.7. The molecule has 98 valence electrons. The van der Waals surface area contributed by atoms with Gasteiger partial charge in [-0.05, 0) is 30.5 Å². The van der Waals surface area contributed by atoms with E-state index >= 15 is 0 Å². The molecular formula is C14H19NO2S. The predicted molar refractivity (Wildman–Crippen MR) is 74.3 cm³/mol. The quantitative estimate of drug-likeness (QED) is 0.766. The molecule has 0 saturated carbocycles. The molecule has 3 rings (SSSR count). The molecule has 2 heterocycles. The summed E-state index contributed by atoms with van der Waals surface area (Å²) in [5.41, 5.74) is 1.31. The minimum absolute atomic E-state index is 0.268. The van der Waals surface area contributed by atoms with Crippen LogP contribution in [0.4, 0.5) is 5.69 Å². The summed E-state index contributed by atoms with van der Waals surface area (Å²) in [4.78, 5) is 3.73. The topological polar surface area (TPSA) is 21.7 Å².